The lowest BCUT2D eigenvalue weighted by Gasteiger charge is -2.12. The average molecular weight is 512 g/mol. The second-order valence-electron chi connectivity index (χ2n) is 7.68. The number of nitro groups is 2. The molecular weight excluding hydrogens is 496 g/mol. The number of rotatable bonds is 8. The molecule has 0 N–H and O–H groups in total. The number of hydrogen-bond donors (Lipinski definition) is 0. The van der Waals surface area contributed by atoms with Crippen molar-refractivity contribution in [1.29, 1.82) is 0 Å². The van der Waals surface area contributed by atoms with Gasteiger partial charge in [-0.05, 0) is 24.3 Å². The van der Waals surface area contributed by atoms with Crippen molar-refractivity contribution in [2.45, 2.75) is 0 Å². The average Bonchev–Trinajstić information content (AvgIpc) is 2.93. The second-order valence-corrected chi connectivity index (χ2v) is 7.68. The third-order valence-corrected chi connectivity index (χ3v) is 5.29. The van der Waals surface area contributed by atoms with Gasteiger partial charge in [0, 0.05) is 23.8 Å². The van der Waals surface area contributed by atoms with E-state index in [-0.39, 0.29) is 33.8 Å². The van der Waals surface area contributed by atoms with E-state index in [1.807, 2.05) is 0 Å². The Bertz CT molecular complexity index is 1580. The molecular formula is C27H16N2O9. The van der Waals surface area contributed by atoms with Crippen molar-refractivity contribution in [3.8, 4) is 11.5 Å². The number of benzene rings is 4. The first-order valence-electron chi connectivity index (χ1n) is 10.9. The lowest BCUT2D eigenvalue weighted by atomic mass is 10.0. The molecule has 4 aromatic rings. The fraction of sp³-hybridized carbons (Fsp3) is 0. The molecule has 0 fully saturated rings. The topological polar surface area (TPSA) is 156 Å². The highest BCUT2D eigenvalue weighted by atomic mass is 16.6. The van der Waals surface area contributed by atoms with Crippen LogP contribution in [-0.4, -0.2) is 27.6 Å². The van der Waals surface area contributed by atoms with E-state index in [1.54, 1.807) is 30.3 Å². The number of hydrogen-bond acceptors (Lipinski definition) is 9. The highest BCUT2D eigenvalue weighted by Gasteiger charge is 2.26. The molecule has 4 aromatic carbocycles. The van der Waals surface area contributed by atoms with Crippen LogP contribution in [0.25, 0.3) is 0 Å². The third kappa shape index (κ3) is 5.41. The lowest BCUT2D eigenvalue weighted by molar-refractivity contribution is -0.385. The van der Waals surface area contributed by atoms with Gasteiger partial charge in [0.1, 0.15) is 22.6 Å². The number of nitro benzene ring substituents is 2. The fourth-order valence-electron chi connectivity index (χ4n) is 3.51. The van der Waals surface area contributed by atoms with Crippen molar-refractivity contribution >= 4 is 29.1 Å². The largest absolute Gasteiger partial charge is 0.423 e. The Kier molecular flexibility index (Phi) is 7.29. The van der Waals surface area contributed by atoms with Gasteiger partial charge in [-0.3, -0.25) is 25.0 Å². The summed E-state index contributed by atoms with van der Waals surface area (Å²) in [5.41, 5.74) is -1.49. The molecule has 0 aromatic heterocycles. The molecule has 0 aliphatic rings. The van der Waals surface area contributed by atoms with Crippen LogP contribution in [-0.2, 0) is 0 Å². The third-order valence-electron chi connectivity index (χ3n) is 5.29. The molecule has 0 saturated carbocycles. The van der Waals surface area contributed by atoms with Crippen LogP contribution in [0.1, 0.15) is 36.6 Å². The first kappa shape index (κ1) is 25.4. The molecule has 0 amide bonds. The van der Waals surface area contributed by atoms with Crippen molar-refractivity contribution < 1.29 is 33.7 Å². The summed E-state index contributed by atoms with van der Waals surface area (Å²) in [5, 5.41) is 22.6. The van der Waals surface area contributed by atoms with Gasteiger partial charge in [-0.2, -0.15) is 0 Å². The van der Waals surface area contributed by atoms with E-state index in [0.717, 1.165) is 18.2 Å². The maximum Gasteiger partial charge on any atom is 0.350 e. The Morgan fingerprint density at radius 1 is 0.579 bits per heavy atom. The summed E-state index contributed by atoms with van der Waals surface area (Å²) >= 11 is 0. The maximum atomic E-state index is 13.2. The predicted molar refractivity (Wildman–Crippen MR) is 132 cm³/mol. The highest BCUT2D eigenvalue weighted by molar-refractivity contribution is 6.11. The molecule has 0 unspecified atom stereocenters. The van der Waals surface area contributed by atoms with E-state index in [1.165, 1.54) is 48.5 Å². The van der Waals surface area contributed by atoms with Crippen LogP contribution in [0.15, 0.2) is 97.1 Å². The van der Waals surface area contributed by atoms with Gasteiger partial charge in [-0.1, -0.05) is 54.6 Å². The molecule has 0 saturated heterocycles. The minimum Gasteiger partial charge on any atom is -0.423 e. The molecule has 4 rings (SSSR count). The first-order valence-corrected chi connectivity index (χ1v) is 10.9. The molecule has 0 bridgehead atoms. The molecule has 0 heterocycles. The zero-order valence-corrected chi connectivity index (χ0v) is 19.3. The Hall–Kier alpha value is -5.71. The van der Waals surface area contributed by atoms with E-state index in [9.17, 15) is 34.6 Å². The Morgan fingerprint density at radius 3 is 1.63 bits per heavy atom. The summed E-state index contributed by atoms with van der Waals surface area (Å²) in [6, 6.07) is 21.9. The predicted octanol–water partition coefficient (Wildman–Crippen LogP) is 5.17. The zero-order valence-electron chi connectivity index (χ0n) is 19.3. The van der Waals surface area contributed by atoms with Crippen molar-refractivity contribution in [2.75, 3.05) is 0 Å². The summed E-state index contributed by atoms with van der Waals surface area (Å²) in [7, 11) is 0. The van der Waals surface area contributed by atoms with Crippen molar-refractivity contribution in [1.82, 2.24) is 0 Å². The van der Waals surface area contributed by atoms with Crippen LogP contribution >= 0.6 is 0 Å². The van der Waals surface area contributed by atoms with Gasteiger partial charge in [-0.25, -0.2) is 9.59 Å². The van der Waals surface area contributed by atoms with Crippen LogP contribution in [0.3, 0.4) is 0 Å². The summed E-state index contributed by atoms with van der Waals surface area (Å²) in [5.74, 6) is -3.25. The normalized spacial score (nSPS) is 10.3. The van der Waals surface area contributed by atoms with Crippen molar-refractivity contribution in [2.24, 2.45) is 0 Å². The Morgan fingerprint density at radius 2 is 1.08 bits per heavy atom. The number of ketones is 1. The SMILES string of the molecule is O=C(c1ccccc1)c1ccc(OC(=O)c2ccccc2[N+](=O)[O-])cc1OC(=O)c1ccccc1[N+](=O)[O-]. The number of esters is 2. The van der Waals surface area contributed by atoms with Crippen LogP contribution in [0, 0.1) is 20.2 Å². The van der Waals surface area contributed by atoms with Crippen LogP contribution in [0.2, 0.25) is 0 Å². The van der Waals surface area contributed by atoms with E-state index >= 15 is 0 Å². The zero-order chi connectivity index (χ0) is 27.2. The Labute approximate surface area is 214 Å². The van der Waals surface area contributed by atoms with Crippen molar-refractivity contribution in [3.05, 3.63) is 140 Å². The van der Waals surface area contributed by atoms with E-state index in [0.29, 0.717) is 0 Å². The molecule has 38 heavy (non-hydrogen) atoms. The quantitative estimate of drug-likeness (QED) is 0.102. The minimum absolute atomic E-state index is 0.0892. The maximum absolute atomic E-state index is 13.2. The Balaban J connectivity index is 1.72. The van der Waals surface area contributed by atoms with E-state index < -0.39 is 38.9 Å². The molecule has 0 spiro atoms. The second kappa shape index (κ2) is 10.9. The number of carbonyl (C=O) groups excluding carboxylic acids is 3. The van der Waals surface area contributed by atoms with Gasteiger partial charge in [0.25, 0.3) is 11.4 Å². The van der Waals surface area contributed by atoms with Gasteiger partial charge in [0.2, 0.25) is 0 Å². The van der Waals surface area contributed by atoms with Gasteiger partial charge >= 0.3 is 11.9 Å². The summed E-state index contributed by atoms with van der Waals surface area (Å²) < 4.78 is 10.7. The summed E-state index contributed by atoms with van der Waals surface area (Å²) in [6.07, 6.45) is 0. The van der Waals surface area contributed by atoms with Gasteiger partial charge in [0.15, 0.2) is 5.78 Å². The first-order chi connectivity index (χ1) is 18.3. The molecule has 0 atom stereocenters. The molecule has 0 aliphatic heterocycles. The molecule has 0 radical (unpaired) electrons. The van der Waals surface area contributed by atoms with Gasteiger partial charge in [-0.15, -0.1) is 0 Å². The van der Waals surface area contributed by atoms with Crippen molar-refractivity contribution in [3.63, 3.8) is 0 Å². The number of para-hydroxylation sites is 2. The number of carbonyl (C=O) groups is 3. The van der Waals surface area contributed by atoms with Crippen LogP contribution < -0.4 is 9.47 Å². The van der Waals surface area contributed by atoms with E-state index in [4.69, 9.17) is 9.47 Å². The molecule has 11 heteroatoms. The number of ether oxygens (including phenoxy) is 2. The van der Waals surface area contributed by atoms with Gasteiger partial charge in [0.05, 0.1) is 15.4 Å². The standard InChI is InChI=1S/C27H16N2O9/c30-25(17-8-2-1-3-9-17)21-15-14-18(37-26(31)19-10-4-6-12-22(19)28(33)34)16-24(21)38-27(32)20-11-5-7-13-23(20)29(35)36/h1-16H. The summed E-state index contributed by atoms with van der Waals surface area (Å²) in [6.45, 7) is 0. The molecule has 188 valence electrons. The van der Waals surface area contributed by atoms with E-state index in [2.05, 4.69) is 0 Å². The highest BCUT2D eigenvalue weighted by Crippen LogP contribution is 2.30. The fourth-order valence-corrected chi connectivity index (χ4v) is 3.51. The van der Waals surface area contributed by atoms with Crippen LogP contribution in [0.4, 0.5) is 11.4 Å². The number of nitrogens with zero attached hydrogens (tertiary/aromatic N) is 2. The minimum atomic E-state index is -1.12. The monoisotopic (exact) mass is 512 g/mol. The smallest absolute Gasteiger partial charge is 0.350 e. The summed E-state index contributed by atoms with van der Waals surface area (Å²) in [4.78, 5) is 59.9. The lowest BCUT2D eigenvalue weighted by Crippen LogP contribution is -2.15. The van der Waals surface area contributed by atoms with Crippen LogP contribution in [0.5, 0.6) is 11.5 Å². The molecule has 11 nitrogen and oxygen atoms in total. The molecule has 0 aliphatic carbocycles. The van der Waals surface area contributed by atoms with Gasteiger partial charge < -0.3 is 9.47 Å².